The monoisotopic (exact) mass is 321 g/mol. The molecule has 23 heavy (non-hydrogen) atoms. The molecule has 1 saturated carbocycles. The molecule has 1 aromatic heterocycles. The standard InChI is InChI=1S/C19H31NO3/c1-14(2)21-10-6-7-15-8-9-16(13-20-15)22-17-11-18(12-17)23-19(3,4)5/h8-9,13-14,17-18H,6-7,10-12H2,1-5H3. The fourth-order valence-electron chi connectivity index (χ4n) is 2.60. The molecule has 0 radical (unpaired) electrons. The van der Waals surface area contributed by atoms with Crippen molar-refractivity contribution in [2.45, 2.75) is 84.2 Å². The van der Waals surface area contributed by atoms with Gasteiger partial charge in [0.05, 0.1) is 24.0 Å². The molecule has 0 atom stereocenters. The molecule has 1 fully saturated rings. The first-order valence-electron chi connectivity index (χ1n) is 8.73. The highest BCUT2D eigenvalue weighted by atomic mass is 16.5. The molecule has 0 unspecified atom stereocenters. The van der Waals surface area contributed by atoms with E-state index in [-0.39, 0.29) is 11.7 Å². The van der Waals surface area contributed by atoms with E-state index < -0.39 is 0 Å². The van der Waals surface area contributed by atoms with Crippen LogP contribution in [-0.4, -0.2) is 35.5 Å². The van der Waals surface area contributed by atoms with Crippen molar-refractivity contribution in [2.75, 3.05) is 6.61 Å². The molecule has 1 aromatic rings. The van der Waals surface area contributed by atoms with Crippen molar-refractivity contribution in [3.8, 4) is 5.75 Å². The zero-order valence-corrected chi connectivity index (χ0v) is 15.2. The summed E-state index contributed by atoms with van der Waals surface area (Å²) in [4.78, 5) is 4.47. The van der Waals surface area contributed by atoms with E-state index in [0.29, 0.717) is 12.2 Å². The first kappa shape index (κ1) is 18.2. The van der Waals surface area contributed by atoms with Crippen LogP contribution in [0.4, 0.5) is 0 Å². The maximum atomic E-state index is 5.94. The van der Waals surface area contributed by atoms with Crippen LogP contribution in [0.1, 0.15) is 59.6 Å². The minimum atomic E-state index is -0.0713. The number of ether oxygens (including phenoxy) is 3. The molecule has 0 amide bonds. The minimum absolute atomic E-state index is 0.0713. The van der Waals surface area contributed by atoms with Gasteiger partial charge < -0.3 is 14.2 Å². The van der Waals surface area contributed by atoms with Gasteiger partial charge in [0.1, 0.15) is 11.9 Å². The number of pyridine rings is 1. The Labute approximate surface area is 140 Å². The normalized spacial score (nSPS) is 21.3. The van der Waals surface area contributed by atoms with Gasteiger partial charge in [-0.25, -0.2) is 0 Å². The van der Waals surface area contributed by atoms with Crippen LogP contribution in [0.25, 0.3) is 0 Å². The van der Waals surface area contributed by atoms with E-state index in [9.17, 15) is 0 Å². The van der Waals surface area contributed by atoms with E-state index >= 15 is 0 Å². The first-order chi connectivity index (χ1) is 10.8. The Balaban J connectivity index is 1.66. The number of aryl methyl sites for hydroxylation is 1. The molecule has 4 nitrogen and oxygen atoms in total. The largest absolute Gasteiger partial charge is 0.489 e. The maximum absolute atomic E-state index is 5.94. The summed E-state index contributed by atoms with van der Waals surface area (Å²) in [6.45, 7) is 11.2. The number of hydrogen-bond acceptors (Lipinski definition) is 4. The maximum Gasteiger partial charge on any atom is 0.138 e. The predicted octanol–water partition coefficient (Wildman–Crippen LogP) is 4.16. The van der Waals surface area contributed by atoms with Crippen LogP contribution in [0.2, 0.25) is 0 Å². The van der Waals surface area contributed by atoms with Gasteiger partial charge in [0.25, 0.3) is 0 Å². The fraction of sp³-hybridized carbons (Fsp3) is 0.737. The van der Waals surface area contributed by atoms with E-state index in [1.54, 1.807) is 0 Å². The van der Waals surface area contributed by atoms with Crippen molar-refractivity contribution in [3.63, 3.8) is 0 Å². The van der Waals surface area contributed by atoms with Crippen molar-refractivity contribution in [1.29, 1.82) is 0 Å². The first-order valence-corrected chi connectivity index (χ1v) is 8.73. The summed E-state index contributed by atoms with van der Waals surface area (Å²) in [6, 6.07) is 4.07. The Morgan fingerprint density at radius 3 is 2.48 bits per heavy atom. The van der Waals surface area contributed by atoms with Crippen LogP contribution in [0, 0.1) is 0 Å². The van der Waals surface area contributed by atoms with Gasteiger partial charge in [-0.3, -0.25) is 4.98 Å². The van der Waals surface area contributed by atoms with E-state index in [1.807, 2.05) is 18.3 Å². The highest BCUT2D eigenvalue weighted by Crippen LogP contribution is 2.30. The van der Waals surface area contributed by atoms with Crippen LogP contribution in [-0.2, 0) is 15.9 Å². The lowest BCUT2D eigenvalue weighted by molar-refractivity contribution is -0.126. The molecule has 0 spiro atoms. The third kappa shape index (κ3) is 6.88. The molecular formula is C19H31NO3. The van der Waals surface area contributed by atoms with Gasteiger partial charge in [0.2, 0.25) is 0 Å². The summed E-state index contributed by atoms with van der Waals surface area (Å²) in [7, 11) is 0. The number of nitrogens with zero attached hydrogens (tertiary/aromatic N) is 1. The average Bonchev–Trinajstić information content (AvgIpc) is 2.41. The highest BCUT2D eigenvalue weighted by Gasteiger charge is 2.34. The molecule has 0 bridgehead atoms. The van der Waals surface area contributed by atoms with Crippen molar-refractivity contribution < 1.29 is 14.2 Å². The molecule has 4 heteroatoms. The Morgan fingerprint density at radius 2 is 1.91 bits per heavy atom. The van der Waals surface area contributed by atoms with Crippen LogP contribution < -0.4 is 4.74 Å². The van der Waals surface area contributed by atoms with Gasteiger partial charge in [-0.15, -0.1) is 0 Å². The number of aromatic nitrogens is 1. The van der Waals surface area contributed by atoms with Gasteiger partial charge >= 0.3 is 0 Å². The van der Waals surface area contributed by atoms with Crippen LogP contribution in [0.3, 0.4) is 0 Å². The van der Waals surface area contributed by atoms with Crippen molar-refractivity contribution >= 4 is 0 Å². The summed E-state index contributed by atoms with van der Waals surface area (Å²) in [5.41, 5.74) is 1.02. The summed E-state index contributed by atoms with van der Waals surface area (Å²) in [5, 5.41) is 0. The molecule has 0 N–H and O–H groups in total. The molecule has 130 valence electrons. The molecule has 2 rings (SSSR count). The lowest BCUT2D eigenvalue weighted by Crippen LogP contribution is -2.43. The molecule has 1 heterocycles. The Kier molecular flexibility index (Phi) is 6.42. The van der Waals surface area contributed by atoms with Gasteiger partial charge in [-0.2, -0.15) is 0 Å². The second-order valence-electron chi connectivity index (χ2n) is 7.57. The Morgan fingerprint density at radius 1 is 1.17 bits per heavy atom. The highest BCUT2D eigenvalue weighted by molar-refractivity contribution is 5.20. The number of hydrogen-bond donors (Lipinski definition) is 0. The zero-order chi connectivity index (χ0) is 16.9. The van der Waals surface area contributed by atoms with Gasteiger partial charge in [-0.05, 0) is 59.6 Å². The van der Waals surface area contributed by atoms with Gasteiger partial charge in [0, 0.05) is 25.1 Å². The van der Waals surface area contributed by atoms with E-state index in [2.05, 4.69) is 39.6 Å². The quantitative estimate of drug-likeness (QED) is 0.674. The molecule has 0 saturated heterocycles. The molecule has 1 aliphatic carbocycles. The average molecular weight is 321 g/mol. The van der Waals surface area contributed by atoms with Gasteiger partial charge in [0.15, 0.2) is 0 Å². The molecule has 1 aliphatic rings. The lowest BCUT2D eigenvalue weighted by Gasteiger charge is -2.39. The third-order valence-corrected chi connectivity index (χ3v) is 3.70. The topological polar surface area (TPSA) is 40.6 Å². The molecular weight excluding hydrogens is 290 g/mol. The Hall–Kier alpha value is -1.13. The van der Waals surface area contributed by atoms with Crippen LogP contribution >= 0.6 is 0 Å². The SMILES string of the molecule is CC(C)OCCCc1ccc(OC2CC(OC(C)(C)C)C2)cn1. The molecule has 0 aromatic carbocycles. The van der Waals surface area contributed by atoms with Crippen molar-refractivity contribution in [2.24, 2.45) is 0 Å². The second kappa shape index (κ2) is 8.11. The van der Waals surface area contributed by atoms with E-state index in [4.69, 9.17) is 14.2 Å². The second-order valence-corrected chi connectivity index (χ2v) is 7.57. The van der Waals surface area contributed by atoms with Crippen LogP contribution in [0.5, 0.6) is 5.75 Å². The van der Waals surface area contributed by atoms with Crippen molar-refractivity contribution in [3.05, 3.63) is 24.0 Å². The summed E-state index contributed by atoms with van der Waals surface area (Å²) < 4.78 is 17.4. The smallest absolute Gasteiger partial charge is 0.138 e. The summed E-state index contributed by atoms with van der Waals surface area (Å²) in [5.74, 6) is 0.853. The molecule has 0 aliphatic heterocycles. The lowest BCUT2D eigenvalue weighted by atomic mass is 9.91. The summed E-state index contributed by atoms with van der Waals surface area (Å²) in [6.07, 6.45) is 6.58. The van der Waals surface area contributed by atoms with E-state index in [1.165, 1.54) is 0 Å². The zero-order valence-electron chi connectivity index (χ0n) is 15.2. The number of rotatable bonds is 8. The Bertz CT molecular complexity index is 458. The van der Waals surface area contributed by atoms with Gasteiger partial charge in [-0.1, -0.05) is 0 Å². The van der Waals surface area contributed by atoms with Crippen molar-refractivity contribution in [1.82, 2.24) is 4.98 Å². The predicted molar refractivity (Wildman–Crippen MR) is 91.9 cm³/mol. The van der Waals surface area contributed by atoms with Crippen LogP contribution in [0.15, 0.2) is 18.3 Å². The summed E-state index contributed by atoms with van der Waals surface area (Å²) >= 11 is 0. The van der Waals surface area contributed by atoms with E-state index in [0.717, 1.165) is 43.7 Å². The minimum Gasteiger partial charge on any atom is -0.489 e. The fourth-order valence-corrected chi connectivity index (χ4v) is 2.60. The third-order valence-electron chi connectivity index (χ3n) is 3.70.